The van der Waals surface area contributed by atoms with E-state index in [9.17, 15) is 19.7 Å². The summed E-state index contributed by atoms with van der Waals surface area (Å²) in [4.78, 5) is 35.6. The molecule has 2 aromatic carbocycles. The van der Waals surface area contributed by atoms with Gasteiger partial charge in [-0.3, -0.25) is 19.7 Å². The molecule has 0 bridgehead atoms. The monoisotopic (exact) mass is 345 g/mol. The molecule has 0 saturated heterocycles. The van der Waals surface area contributed by atoms with Crippen LogP contribution < -0.4 is 0 Å². The molecule has 23 heavy (non-hydrogen) atoms. The summed E-state index contributed by atoms with van der Waals surface area (Å²) in [6.45, 7) is 0. The molecule has 1 aliphatic carbocycles. The normalized spacial score (nSPS) is 13.5. The SMILES string of the molecule is O=C1C=C(Cl)C(=O)c2ccc(Sc3ccc([N+](=O)[O-])cc3)cc21. The quantitative estimate of drug-likeness (QED) is 0.614. The minimum atomic E-state index is -0.465. The lowest BCUT2D eigenvalue weighted by Gasteiger charge is -2.12. The van der Waals surface area contributed by atoms with Crippen molar-refractivity contribution in [3.05, 3.63) is 74.8 Å². The minimum absolute atomic E-state index is 0.0142. The summed E-state index contributed by atoms with van der Waals surface area (Å²) >= 11 is 7.08. The van der Waals surface area contributed by atoms with Gasteiger partial charge in [0.25, 0.3) is 5.69 Å². The van der Waals surface area contributed by atoms with Crippen LogP contribution in [0.4, 0.5) is 5.69 Å². The fourth-order valence-corrected chi connectivity index (χ4v) is 3.21. The number of nitrogens with zero attached hydrogens (tertiary/aromatic N) is 1. The second kappa shape index (κ2) is 5.98. The van der Waals surface area contributed by atoms with Crippen molar-refractivity contribution in [3.63, 3.8) is 0 Å². The number of nitro groups is 1. The first-order valence-electron chi connectivity index (χ1n) is 6.48. The number of halogens is 1. The zero-order valence-electron chi connectivity index (χ0n) is 11.5. The van der Waals surface area contributed by atoms with Gasteiger partial charge in [0.05, 0.1) is 9.96 Å². The number of rotatable bonds is 3. The number of fused-ring (bicyclic) bond motifs is 1. The van der Waals surface area contributed by atoms with Gasteiger partial charge in [0, 0.05) is 39.1 Å². The van der Waals surface area contributed by atoms with Crippen LogP contribution in [0.2, 0.25) is 0 Å². The molecule has 114 valence electrons. The van der Waals surface area contributed by atoms with E-state index in [-0.39, 0.29) is 27.8 Å². The summed E-state index contributed by atoms with van der Waals surface area (Å²) in [5.74, 6) is -0.677. The molecule has 0 fully saturated rings. The average molecular weight is 346 g/mol. The van der Waals surface area contributed by atoms with Crippen LogP contribution in [0.5, 0.6) is 0 Å². The van der Waals surface area contributed by atoms with E-state index in [4.69, 9.17) is 11.6 Å². The van der Waals surface area contributed by atoms with E-state index in [1.165, 1.54) is 23.9 Å². The first kappa shape index (κ1) is 15.5. The number of benzene rings is 2. The number of hydrogen-bond acceptors (Lipinski definition) is 5. The average Bonchev–Trinajstić information content (AvgIpc) is 2.53. The molecule has 0 N–H and O–H groups in total. The summed E-state index contributed by atoms with van der Waals surface area (Å²) in [7, 11) is 0. The summed E-state index contributed by atoms with van der Waals surface area (Å²) in [5.41, 5.74) is 0.613. The molecule has 0 spiro atoms. The molecule has 3 rings (SSSR count). The highest BCUT2D eigenvalue weighted by molar-refractivity contribution is 7.99. The van der Waals surface area contributed by atoms with Gasteiger partial charge in [-0.25, -0.2) is 0 Å². The molecule has 0 atom stereocenters. The van der Waals surface area contributed by atoms with Crippen LogP contribution in [-0.4, -0.2) is 16.5 Å². The van der Waals surface area contributed by atoms with Crippen LogP contribution in [0.3, 0.4) is 0 Å². The van der Waals surface area contributed by atoms with Gasteiger partial charge < -0.3 is 0 Å². The molecule has 1 aliphatic rings. The van der Waals surface area contributed by atoms with Gasteiger partial charge in [0.2, 0.25) is 5.78 Å². The van der Waals surface area contributed by atoms with Crippen LogP contribution in [-0.2, 0) is 0 Å². The largest absolute Gasteiger partial charge is 0.289 e. The molecule has 2 aromatic rings. The fourth-order valence-electron chi connectivity index (χ4n) is 2.15. The molecular weight excluding hydrogens is 338 g/mol. The maximum Gasteiger partial charge on any atom is 0.269 e. The Labute approximate surface area is 140 Å². The highest BCUT2D eigenvalue weighted by atomic mass is 35.5. The van der Waals surface area contributed by atoms with Gasteiger partial charge in [-0.1, -0.05) is 23.4 Å². The molecule has 5 nitrogen and oxygen atoms in total. The number of carbonyl (C=O) groups is 2. The van der Waals surface area contributed by atoms with Gasteiger partial charge in [0.15, 0.2) is 5.78 Å². The summed E-state index contributed by atoms with van der Waals surface area (Å²) in [6, 6.07) is 11.0. The zero-order chi connectivity index (χ0) is 16.6. The fraction of sp³-hybridized carbons (Fsp3) is 0. The maximum absolute atomic E-state index is 12.0. The third-order valence-electron chi connectivity index (χ3n) is 3.26. The van der Waals surface area contributed by atoms with Crippen molar-refractivity contribution in [1.82, 2.24) is 0 Å². The van der Waals surface area contributed by atoms with E-state index in [0.29, 0.717) is 5.56 Å². The Hall–Kier alpha value is -2.44. The van der Waals surface area contributed by atoms with Crippen LogP contribution in [0.1, 0.15) is 20.7 Å². The maximum atomic E-state index is 12.0. The van der Waals surface area contributed by atoms with Crippen molar-refractivity contribution in [3.8, 4) is 0 Å². The Morgan fingerprint density at radius 1 is 0.957 bits per heavy atom. The van der Waals surface area contributed by atoms with Crippen molar-refractivity contribution in [1.29, 1.82) is 0 Å². The first-order chi connectivity index (χ1) is 11.0. The van der Waals surface area contributed by atoms with E-state index in [0.717, 1.165) is 15.9 Å². The van der Waals surface area contributed by atoms with E-state index >= 15 is 0 Å². The molecule has 0 amide bonds. The Morgan fingerprint density at radius 3 is 2.26 bits per heavy atom. The van der Waals surface area contributed by atoms with E-state index < -0.39 is 4.92 Å². The first-order valence-corrected chi connectivity index (χ1v) is 7.68. The summed E-state index contributed by atoms with van der Waals surface area (Å²) in [6.07, 6.45) is 1.12. The van der Waals surface area contributed by atoms with Crippen LogP contribution in [0.15, 0.2) is 63.4 Å². The smallest absolute Gasteiger partial charge is 0.269 e. The lowest BCUT2D eigenvalue weighted by molar-refractivity contribution is -0.384. The second-order valence-electron chi connectivity index (χ2n) is 4.75. The van der Waals surface area contributed by atoms with Crippen molar-refractivity contribution in [2.75, 3.05) is 0 Å². The molecule has 0 heterocycles. The van der Waals surface area contributed by atoms with Gasteiger partial charge in [-0.05, 0) is 30.3 Å². The van der Waals surface area contributed by atoms with E-state index in [1.807, 2.05) is 0 Å². The van der Waals surface area contributed by atoms with Crippen LogP contribution >= 0.6 is 23.4 Å². The zero-order valence-corrected chi connectivity index (χ0v) is 13.1. The van der Waals surface area contributed by atoms with Gasteiger partial charge >= 0.3 is 0 Å². The lowest BCUT2D eigenvalue weighted by atomic mass is 9.95. The predicted molar refractivity (Wildman–Crippen MR) is 86.3 cm³/mol. The highest BCUT2D eigenvalue weighted by Gasteiger charge is 2.24. The summed E-state index contributed by atoms with van der Waals surface area (Å²) in [5, 5.41) is 10.6. The van der Waals surface area contributed by atoms with Crippen molar-refractivity contribution < 1.29 is 14.5 Å². The number of ketones is 2. The molecule has 0 saturated carbocycles. The van der Waals surface area contributed by atoms with Crippen molar-refractivity contribution >= 4 is 40.6 Å². The molecule has 7 heteroatoms. The Bertz CT molecular complexity index is 874. The van der Waals surface area contributed by atoms with Crippen molar-refractivity contribution in [2.24, 2.45) is 0 Å². The number of carbonyl (C=O) groups excluding carboxylic acids is 2. The van der Waals surface area contributed by atoms with E-state index in [1.54, 1.807) is 30.3 Å². The summed E-state index contributed by atoms with van der Waals surface area (Å²) < 4.78 is 0. The topological polar surface area (TPSA) is 77.3 Å². The van der Waals surface area contributed by atoms with Gasteiger partial charge in [0.1, 0.15) is 0 Å². The lowest BCUT2D eigenvalue weighted by Crippen LogP contribution is -2.14. The predicted octanol–water partition coefficient (Wildman–Crippen LogP) is 4.25. The highest BCUT2D eigenvalue weighted by Crippen LogP contribution is 2.32. The Balaban J connectivity index is 1.89. The van der Waals surface area contributed by atoms with E-state index in [2.05, 4.69) is 0 Å². The molecule has 0 unspecified atom stereocenters. The third kappa shape index (κ3) is 3.04. The number of non-ortho nitro benzene ring substituents is 1. The van der Waals surface area contributed by atoms with Gasteiger partial charge in [-0.2, -0.15) is 0 Å². The Morgan fingerprint density at radius 2 is 1.61 bits per heavy atom. The number of nitro benzene ring substituents is 1. The molecule has 0 aromatic heterocycles. The third-order valence-corrected chi connectivity index (χ3v) is 4.54. The molecular formula is C16H8ClNO4S. The number of hydrogen-bond donors (Lipinski definition) is 0. The van der Waals surface area contributed by atoms with Gasteiger partial charge in [-0.15, -0.1) is 0 Å². The molecule has 0 radical (unpaired) electrons. The molecule has 0 aliphatic heterocycles. The number of Topliss-reactive ketones (excluding diaryl/α,β-unsaturated/α-hetero) is 1. The van der Waals surface area contributed by atoms with Crippen LogP contribution in [0, 0.1) is 10.1 Å². The Kier molecular flexibility index (Phi) is 4.02. The second-order valence-corrected chi connectivity index (χ2v) is 6.30. The van der Waals surface area contributed by atoms with Crippen LogP contribution in [0.25, 0.3) is 0 Å². The minimum Gasteiger partial charge on any atom is -0.289 e. The standard InChI is InChI=1S/C16H8ClNO4S/c17-14-8-15(19)13-7-11(5-6-12(13)16(14)20)23-10-3-1-9(2-4-10)18(21)22/h1-8H. The van der Waals surface area contributed by atoms with Crippen molar-refractivity contribution in [2.45, 2.75) is 9.79 Å². The number of allylic oxidation sites excluding steroid dienone is 2.